The lowest BCUT2D eigenvalue weighted by molar-refractivity contribution is 0.543. The van der Waals surface area contributed by atoms with Crippen molar-refractivity contribution in [1.29, 1.82) is 0 Å². The second kappa shape index (κ2) is 4.10. The molecule has 4 heteroatoms. The topological polar surface area (TPSA) is 35.2 Å². The predicted molar refractivity (Wildman–Crippen MR) is 58.3 cm³/mol. The van der Waals surface area contributed by atoms with Crippen LogP contribution in [0.15, 0.2) is 18.2 Å². The average Bonchev–Trinajstić information content (AvgIpc) is 1.99. The molecule has 0 aliphatic carbocycles. The first kappa shape index (κ1) is 11.2. The fourth-order valence-corrected chi connectivity index (χ4v) is 1.98. The summed E-state index contributed by atoms with van der Waals surface area (Å²) in [6.45, 7) is 6.50. The van der Waals surface area contributed by atoms with Gasteiger partial charge in [0.25, 0.3) is 0 Å². The summed E-state index contributed by atoms with van der Waals surface area (Å²) in [6.07, 6.45) is 0. The molecule has 78 valence electrons. The van der Waals surface area contributed by atoms with Gasteiger partial charge in [0.15, 0.2) is 0 Å². The lowest BCUT2D eigenvalue weighted by Crippen LogP contribution is -2.29. The van der Waals surface area contributed by atoms with Gasteiger partial charge in [-0.05, 0) is 37.3 Å². The monoisotopic (exact) mass is 213 g/mol. The van der Waals surface area contributed by atoms with Crippen molar-refractivity contribution >= 4 is 8.32 Å². The van der Waals surface area contributed by atoms with Gasteiger partial charge in [-0.15, -0.1) is 0 Å². The third kappa shape index (κ3) is 3.47. The Balaban J connectivity index is 2.92. The molecule has 0 atom stereocenters. The summed E-state index contributed by atoms with van der Waals surface area (Å²) in [5, 5.41) is 0. The summed E-state index contributed by atoms with van der Waals surface area (Å²) in [4.78, 5) is 0. The molecule has 0 saturated heterocycles. The molecule has 0 aromatic heterocycles. The van der Waals surface area contributed by atoms with Crippen LogP contribution in [0, 0.1) is 5.82 Å². The van der Waals surface area contributed by atoms with E-state index >= 15 is 0 Å². The van der Waals surface area contributed by atoms with Crippen LogP contribution in [0.2, 0.25) is 19.6 Å². The van der Waals surface area contributed by atoms with Gasteiger partial charge in [-0.1, -0.05) is 0 Å². The van der Waals surface area contributed by atoms with E-state index in [1.165, 1.54) is 12.1 Å². The number of nitrogens with two attached hydrogens (primary N) is 1. The number of rotatable bonds is 3. The summed E-state index contributed by atoms with van der Waals surface area (Å²) in [6, 6.07) is 4.62. The van der Waals surface area contributed by atoms with Crippen molar-refractivity contribution in [2.45, 2.75) is 26.2 Å². The molecule has 2 N–H and O–H groups in total. The Bertz CT molecular complexity index is 322. The molecule has 1 aromatic rings. The van der Waals surface area contributed by atoms with Crippen molar-refractivity contribution in [2.24, 2.45) is 5.73 Å². The molecule has 0 bridgehead atoms. The summed E-state index contributed by atoms with van der Waals surface area (Å²) >= 11 is 0. The Morgan fingerprint density at radius 2 is 1.93 bits per heavy atom. The first-order chi connectivity index (χ1) is 6.40. The van der Waals surface area contributed by atoms with Crippen LogP contribution in [0.3, 0.4) is 0 Å². The molecule has 2 nitrogen and oxygen atoms in total. The van der Waals surface area contributed by atoms with Gasteiger partial charge in [-0.2, -0.15) is 0 Å². The highest BCUT2D eigenvalue weighted by Crippen LogP contribution is 2.19. The quantitative estimate of drug-likeness (QED) is 0.783. The Hall–Kier alpha value is -0.873. The lowest BCUT2D eigenvalue weighted by Gasteiger charge is -2.19. The van der Waals surface area contributed by atoms with Gasteiger partial charge < -0.3 is 10.2 Å². The molecule has 0 radical (unpaired) electrons. The molecule has 0 aliphatic heterocycles. The SMILES string of the molecule is C[Si](C)(C)Oc1cc(F)cc(CN)c1. The molecule has 0 amide bonds. The highest BCUT2D eigenvalue weighted by molar-refractivity contribution is 6.70. The maximum atomic E-state index is 13.1. The summed E-state index contributed by atoms with van der Waals surface area (Å²) in [5.74, 6) is 0.297. The van der Waals surface area contributed by atoms with Crippen molar-refractivity contribution < 1.29 is 8.82 Å². The fraction of sp³-hybridized carbons (Fsp3) is 0.400. The van der Waals surface area contributed by atoms with Gasteiger partial charge in [0.2, 0.25) is 8.32 Å². The van der Waals surface area contributed by atoms with E-state index < -0.39 is 8.32 Å². The highest BCUT2D eigenvalue weighted by Gasteiger charge is 2.16. The zero-order chi connectivity index (χ0) is 10.8. The molecule has 14 heavy (non-hydrogen) atoms. The smallest absolute Gasteiger partial charge is 0.242 e. The predicted octanol–water partition coefficient (Wildman–Crippen LogP) is 2.50. The van der Waals surface area contributed by atoms with Crippen LogP contribution in [-0.4, -0.2) is 8.32 Å². The standard InChI is InChI=1S/C10H16FNOSi/c1-14(2,3)13-10-5-8(7-12)4-9(11)6-10/h4-6H,7,12H2,1-3H3. The Morgan fingerprint density at radius 3 is 2.43 bits per heavy atom. The van der Waals surface area contributed by atoms with Crippen molar-refractivity contribution in [1.82, 2.24) is 0 Å². The first-order valence-corrected chi connectivity index (χ1v) is 8.00. The molecule has 1 rings (SSSR count). The second-order valence-corrected chi connectivity index (χ2v) is 8.64. The number of benzene rings is 1. The number of hydrogen-bond acceptors (Lipinski definition) is 2. The van der Waals surface area contributed by atoms with E-state index in [0.29, 0.717) is 12.3 Å². The second-order valence-electron chi connectivity index (χ2n) is 4.21. The maximum absolute atomic E-state index is 13.1. The zero-order valence-corrected chi connectivity index (χ0v) is 9.80. The van der Waals surface area contributed by atoms with Gasteiger partial charge in [0, 0.05) is 12.6 Å². The van der Waals surface area contributed by atoms with E-state index in [4.69, 9.17) is 10.2 Å². The summed E-state index contributed by atoms with van der Waals surface area (Å²) in [7, 11) is -1.66. The van der Waals surface area contributed by atoms with Crippen LogP contribution in [0.5, 0.6) is 5.75 Å². The normalized spacial score (nSPS) is 11.5. The summed E-state index contributed by atoms with van der Waals surface area (Å²) in [5.41, 5.74) is 6.20. The molecule has 0 spiro atoms. The van der Waals surface area contributed by atoms with Crippen LogP contribution in [-0.2, 0) is 6.54 Å². The molecule has 0 fully saturated rings. The molecule has 0 unspecified atom stereocenters. The number of hydrogen-bond donors (Lipinski definition) is 1. The van der Waals surface area contributed by atoms with Gasteiger partial charge in [-0.25, -0.2) is 4.39 Å². The van der Waals surface area contributed by atoms with Crippen LogP contribution in [0.1, 0.15) is 5.56 Å². The maximum Gasteiger partial charge on any atom is 0.242 e. The molecule has 0 saturated carbocycles. The third-order valence-electron chi connectivity index (χ3n) is 1.59. The molecule has 0 aliphatic rings. The van der Waals surface area contributed by atoms with E-state index in [-0.39, 0.29) is 5.82 Å². The van der Waals surface area contributed by atoms with E-state index in [0.717, 1.165) is 5.56 Å². The van der Waals surface area contributed by atoms with Gasteiger partial charge in [0.1, 0.15) is 11.6 Å². The van der Waals surface area contributed by atoms with Crippen molar-refractivity contribution in [3.63, 3.8) is 0 Å². The molecule has 0 heterocycles. The van der Waals surface area contributed by atoms with Crippen LogP contribution >= 0.6 is 0 Å². The summed E-state index contributed by atoms with van der Waals surface area (Å²) < 4.78 is 18.7. The average molecular weight is 213 g/mol. The van der Waals surface area contributed by atoms with Gasteiger partial charge in [-0.3, -0.25) is 0 Å². The van der Waals surface area contributed by atoms with Gasteiger partial charge >= 0.3 is 0 Å². The zero-order valence-electron chi connectivity index (χ0n) is 8.80. The number of halogens is 1. The Morgan fingerprint density at radius 1 is 1.29 bits per heavy atom. The first-order valence-electron chi connectivity index (χ1n) is 4.59. The van der Waals surface area contributed by atoms with E-state index in [2.05, 4.69) is 19.6 Å². The molecular weight excluding hydrogens is 197 g/mol. The largest absolute Gasteiger partial charge is 0.544 e. The molecular formula is C10H16FNOSi. The van der Waals surface area contributed by atoms with E-state index in [1.54, 1.807) is 6.07 Å². The van der Waals surface area contributed by atoms with Crippen LogP contribution < -0.4 is 10.2 Å². The highest BCUT2D eigenvalue weighted by atomic mass is 28.4. The van der Waals surface area contributed by atoms with Gasteiger partial charge in [0.05, 0.1) is 0 Å². The van der Waals surface area contributed by atoms with Crippen LogP contribution in [0.4, 0.5) is 4.39 Å². The Kier molecular flexibility index (Phi) is 3.28. The minimum absolute atomic E-state index is 0.291. The Labute approximate surface area is 85.0 Å². The third-order valence-corrected chi connectivity index (χ3v) is 2.44. The van der Waals surface area contributed by atoms with Crippen LogP contribution in [0.25, 0.3) is 0 Å². The van der Waals surface area contributed by atoms with E-state index in [1.807, 2.05) is 0 Å². The van der Waals surface area contributed by atoms with Crippen molar-refractivity contribution in [3.8, 4) is 5.75 Å². The fourth-order valence-electron chi connectivity index (χ4n) is 1.15. The lowest BCUT2D eigenvalue weighted by atomic mass is 10.2. The molecule has 1 aromatic carbocycles. The minimum atomic E-state index is -1.66. The minimum Gasteiger partial charge on any atom is -0.544 e. The van der Waals surface area contributed by atoms with Crippen molar-refractivity contribution in [2.75, 3.05) is 0 Å². The van der Waals surface area contributed by atoms with Crippen molar-refractivity contribution in [3.05, 3.63) is 29.6 Å². The van der Waals surface area contributed by atoms with E-state index in [9.17, 15) is 4.39 Å².